The van der Waals surface area contributed by atoms with Gasteiger partial charge in [0.1, 0.15) is 11.9 Å². The van der Waals surface area contributed by atoms with E-state index in [9.17, 15) is 9.59 Å². The van der Waals surface area contributed by atoms with Gasteiger partial charge in [-0.25, -0.2) is 9.78 Å². The number of urea groups is 1. The molecule has 7 nitrogen and oxygen atoms in total. The number of benzene rings is 1. The molecule has 7 heteroatoms. The van der Waals surface area contributed by atoms with Crippen molar-refractivity contribution in [2.75, 3.05) is 19.6 Å². The number of primary amides is 1. The Kier molecular flexibility index (Phi) is 4.30. The minimum Gasteiger partial charge on any atom is -0.351 e. The van der Waals surface area contributed by atoms with E-state index >= 15 is 0 Å². The van der Waals surface area contributed by atoms with Crippen LogP contribution < -0.4 is 5.73 Å². The number of imidazole rings is 1. The molecule has 1 atom stereocenters. The number of carbonyl (C=O) groups is 2. The van der Waals surface area contributed by atoms with E-state index in [0.29, 0.717) is 32.0 Å². The molecule has 0 radical (unpaired) electrons. The second-order valence-corrected chi connectivity index (χ2v) is 7.38. The summed E-state index contributed by atoms with van der Waals surface area (Å²) < 4.78 is 0. The zero-order valence-corrected chi connectivity index (χ0v) is 15.1. The van der Waals surface area contributed by atoms with Gasteiger partial charge in [-0.3, -0.25) is 4.79 Å². The van der Waals surface area contributed by atoms with Crippen LogP contribution in [0, 0.1) is 6.92 Å². The van der Waals surface area contributed by atoms with Crippen molar-refractivity contribution < 1.29 is 9.59 Å². The molecule has 2 aromatic rings. The molecule has 0 bridgehead atoms. The molecule has 0 unspecified atom stereocenters. The Morgan fingerprint density at radius 2 is 1.96 bits per heavy atom. The molecule has 138 valence electrons. The average molecular weight is 355 g/mol. The molecular formula is C19H25N5O2. The van der Waals surface area contributed by atoms with Gasteiger partial charge in [0.25, 0.3) is 0 Å². The number of nitrogens with zero attached hydrogens (tertiary/aromatic N) is 3. The van der Waals surface area contributed by atoms with Crippen molar-refractivity contribution in [3.05, 3.63) is 29.6 Å². The first kappa shape index (κ1) is 16.9. The van der Waals surface area contributed by atoms with E-state index in [4.69, 9.17) is 10.7 Å². The molecule has 2 aliphatic rings. The molecule has 3 heterocycles. The standard InChI is InChI=1S/C19H25N5O2/c1-12-4-2-5-14-16(12)22-17(21-14)13-7-10-23(11-8-13)18(25)15-6-3-9-24(15)19(20)26/h2,4-5,13,15H,3,6-11H2,1H3,(H2,20,26)(H,21,22)/t15-/m1/s1. The molecular weight excluding hydrogens is 330 g/mol. The second kappa shape index (κ2) is 6.63. The number of hydrogen-bond acceptors (Lipinski definition) is 3. The summed E-state index contributed by atoms with van der Waals surface area (Å²) in [5.41, 5.74) is 8.68. The summed E-state index contributed by atoms with van der Waals surface area (Å²) >= 11 is 0. The first-order valence-corrected chi connectivity index (χ1v) is 9.34. The van der Waals surface area contributed by atoms with Gasteiger partial charge >= 0.3 is 6.03 Å². The summed E-state index contributed by atoms with van der Waals surface area (Å²) in [5.74, 6) is 1.39. The fraction of sp³-hybridized carbons (Fsp3) is 0.526. The maximum absolute atomic E-state index is 12.8. The van der Waals surface area contributed by atoms with Crippen LogP contribution in [0.15, 0.2) is 18.2 Å². The number of amides is 3. The molecule has 2 fully saturated rings. The van der Waals surface area contributed by atoms with E-state index in [1.54, 1.807) is 0 Å². The van der Waals surface area contributed by atoms with Crippen molar-refractivity contribution in [2.45, 2.75) is 44.6 Å². The topological polar surface area (TPSA) is 95.3 Å². The third-order valence-corrected chi connectivity index (χ3v) is 5.75. The maximum Gasteiger partial charge on any atom is 0.315 e. The summed E-state index contributed by atoms with van der Waals surface area (Å²) in [6.07, 6.45) is 3.32. The van der Waals surface area contributed by atoms with Gasteiger partial charge < -0.3 is 20.5 Å². The number of para-hydroxylation sites is 1. The number of H-pyrrole nitrogens is 1. The lowest BCUT2D eigenvalue weighted by molar-refractivity contribution is -0.136. The van der Waals surface area contributed by atoms with Crippen LogP contribution in [0.5, 0.6) is 0 Å². The molecule has 4 rings (SSSR count). The highest BCUT2D eigenvalue weighted by Crippen LogP contribution is 2.30. The molecule has 2 aliphatic heterocycles. The molecule has 1 aromatic carbocycles. The van der Waals surface area contributed by atoms with Gasteiger partial charge in [-0.15, -0.1) is 0 Å². The smallest absolute Gasteiger partial charge is 0.315 e. The number of carbonyl (C=O) groups excluding carboxylic acids is 2. The predicted molar refractivity (Wildman–Crippen MR) is 98.7 cm³/mol. The third-order valence-electron chi connectivity index (χ3n) is 5.75. The number of aryl methyl sites for hydroxylation is 1. The number of likely N-dealkylation sites (tertiary alicyclic amines) is 2. The van der Waals surface area contributed by atoms with Crippen molar-refractivity contribution in [2.24, 2.45) is 5.73 Å². The predicted octanol–water partition coefficient (Wildman–Crippen LogP) is 2.12. The summed E-state index contributed by atoms with van der Waals surface area (Å²) in [6, 6.07) is 5.29. The van der Waals surface area contributed by atoms with Crippen LogP contribution in [-0.2, 0) is 4.79 Å². The Morgan fingerprint density at radius 3 is 2.65 bits per heavy atom. The van der Waals surface area contributed by atoms with E-state index in [1.165, 1.54) is 10.5 Å². The number of rotatable bonds is 2. The van der Waals surface area contributed by atoms with Gasteiger partial charge in [0.05, 0.1) is 11.0 Å². The molecule has 0 aliphatic carbocycles. The van der Waals surface area contributed by atoms with E-state index in [2.05, 4.69) is 24.0 Å². The summed E-state index contributed by atoms with van der Waals surface area (Å²) in [5, 5.41) is 0. The molecule has 0 spiro atoms. The summed E-state index contributed by atoms with van der Waals surface area (Å²) in [6.45, 7) is 4.05. The zero-order chi connectivity index (χ0) is 18.3. The Balaban J connectivity index is 1.42. The Bertz CT molecular complexity index is 838. The van der Waals surface area contributed by atoms with Crippen LogP contribution in [-0.4, -0.2) is 57.4 Å². The summed E-state index contributed by atoms with van der Waals surface area (Å²) in [7, 11) is 0. The number of fused-ring (bicyclic) bond motifs is 1. The van der Waals surface area contributed by atoms with Gasteiger partial charge in [-0.05, 0) is 44.2 Å². The molecule has 3 N–H and O–H groups in total. The van der Waals surface area contributed by atoms with Crippen LogP contribution >= 0.6 is 0 Å². The number of hydrogen-bond donors (Lipinski definition) is 2. The molecule has 3 amide bonds. The second-order valence-electron chi connectivity index (χ2n) is 7.38. The SMILES string of the molecule is Cc1cccc2[nH]c(C3CCN(C(=O)[C@H]4CCCN4C(N)=O)CC3)nc12. The third kappa shape index (κ3) is 2.91. The molecule has 2 saturated heterocycles. The van der Waals surface area contributed by atoms with Gasteiger partial charge in [-0.1, -0.05) is 12.1 Å². The van der Waals surface area contributed by atoms with E-state index in [0.717, 1.165) is 36.1 Å². The maximum atomic E-state index is 12.8. The Hall–Kier alpha value is -2.57. The number of nitrogens with one attached hydrogen (secondary N) is 1. The number of aromatic nitrogens is 2. The number of aromatic amines is 1. The van der Waals surface area contributed by atoms with Crippen LogP contribution in [0.25, 0.3) is 11.0 Å². The minimum atomic E-state index is -0.492. The van der Waals surface area contributed by atoms with Crippen molar-refractivity contribution in [3.63, 3.8) is 0 Å². The van der Waals surface area contributed by atoms with E-state index in [-0.39, 0.29) is 11.9 Å². The first-order chi connectivity index (χ1) is 12.5. The van der Waals surface area contributed by atoms with Gasteiger partial charge in [-0.2, -0.15) is 0 Å². The zero-order valence-electron chi connectivity index (χ0n) is 15.1. The highest BCUT2D eigenvalue weighted by Gasteiger charge is 2.37. The van der Waals surface area contributed by atoms with Crippen LogP contribution in [0.1, 0.15) is 43.0 Å². The number of piperidine rings is 1. The van der Waals surface area contributed by atoms with Gasteiger partial charge in [0, 0.05) is 25.6 Å². The fourth-order valence-corrected chi connectivity index (χ4v) is 4.26. The quantitative estimate of drug-likeness (QED) is 0.864. The van der Waals surface area contributed by atoms with Crippen molar-refractivity contribution in [1.29, 1.82) is 0 Å². The lowest BCUT2D eigenvalue weighted by Crippen LogP contribution is -2.51. The first-order valence-electron chi connectivity index (χ1n) is 9.34. The Morgan fingerprint density at radius 1 is 1.19 bits per heavy atom. The normalized spacial score (nSPS) is 21.5. The number of nitrogens with two attached hydrogens (primary N) is 1. The average Bonchev–Trinajstić information content (AvgIpc) is 3.29. The lowest BCUT2D eigenvalue weighted by Gasteiger charge is -2.34. The van der Waals surface area contributed by atoms with Crippen LogP contribution in [0.2, 0.25) is 0 Å². The van der Waals surface area contributed by atoms with Gasteiger partial charge in [0.2, 0.25) is 5.91 Å². The van der Waals surface area contributed by atoms with Crippen LogP contribution in [0.3, 0.4) is 0 Å². The van der Waals surface area contributed by atoms with E-state index in [1.807, 2.05) is 11.0 Å². The summed E-state index contributed by atoms with van der Waals surface area (Å²) in [4.78, 5) is 35.9. The minimum absolute atomic E-state index is 0.0419. The molecule has 26 heavy (non-hydrogen) atoms. The lowest BCUT2D eigenvalue weighted by atomic mass is 9.95. The highest BCUT2D eigenvalue weighted by molar-refractivity contribution is 5.87. The van der Waals surface area contributed by atoms with Gasteiger partial charge in [0.15, 0.2) is 0 Å². The fourth-order valence-electron chi connectivity index (χ4n) is 4.26. The largest absolute Gasteiger partial charge is 0.351 e. The van der Waals surface area contributed by atoms with E-state index < -0.39 is 6.03 Å². The monoisotopic (exact) mass is 355 g/mol. The Labute approximate surface area is 152 Å². The van der Waals surface area contributed by atoms with Crippen LogP contribution in [0.4, 0.5) is 4.79 Å². The molecule has 1 aromatic heterocycles. The van der Waals surface area contributed by atoms with Crippen molar-refractivity contribution >= 4 is 23.0 Å². The van der Waals surface area contributed by atoms with Crippen molar-refractivity contribution in [3.8, 4) is 0 Å². The molecule has 0 saturated carbocycles. The van der Waals surface area contributed by atoms with Crippen molar-refractivity contribution in [1.82, 2.24) is 19.8 Å². The highest BCUT2D eigenvalue weighted by atomic mass is 16.2.